The predicted molar refractivity (Wildman–Crippen MR) is 239 cm³/mol. The maximum atomic E-state index is 6.19. The number of nitrogens with one attached hydrogen (secondary N) is 2. The number of ether oxygens (including phenoxy) is 1. The van der Waals surface area contributed by atoms with Crippen LogP contribution in [-0.4, -0.2) is 26.5 Å². The van der Waals surface area contributed by atoms with Gasteiger partial charge in [-0.1, -0.05) is 115 Å². The molecule has 57 heavy (non-hydrogen) atoms. The van der Waals surface area contributed by atoms with E-state index in [4.69, 9.17) is 14.7 Å². The van der Waals surface area contributed by atoms with Crippen molar-refractivity contribution >= 4 is 46.4 Å². The lowest BCUT2D eigenvalue weighted by Crippen LogP contribution is -1.97. The van der Waals surface area contributed by atoms with Crippen molar-refractivity contribution in [3.05, 3.63) is 174 Å². The minimum absolute atomic E-state index is 0.693. The highest BCUT2D eigenvalue weighted by molar-refractivity contribution is 5.99. The number of hydrogen-bond donors (Lipinski definition) is 2. The van der Waals surface area contributed by atoms with Gasteiger partial charge in [0.2, 0.25) is 0 Å². The third-order valence-electron chi connectivity index (χ3n) is 10.5. The third kappa shape index (κ3) is 7.52. The molecule has 5 heterocycles. The van der Waals surface area contributed by atoms with E-state index in [9.17, 15) is 0 Å². The van der Waals surface area contributed by atoms with Gasteiger partial charge in [0, 0.05) is 44.3 Å². The fraction of sp³-hybridized carbons (Fsp3) is 0.115. The molecule has 9 rings (SSSR count). The SMILES string of the molecule is CC(C)=CCCCCOc1ccc(-c2c3nc(c(-c4ccccc4)c4ccc([nH]4)c(-c4ccccc4)c4nc(c(-c5ccccc5)c5ccc2[nH]5)C=C4)C=C3)cc1. The predicted octanol–water partition coefficient (Wildman–Crippen LogP) is 13.8. The van der Waals surface area contributed by atoms with Crippen LogP contribution in [0.4, 0.5) is 0 Å². The Balaban J connectivity index is 1.30. The van der Waals surface area contributed by atoms with Crippen LogP contribution in [0.3, 0.4) is 0 Å². The molecule has 4 aromatic carbocycles. The molecule has 0 atom stereocenters. The molecule has 0 amide bonds. The summed E-state index contributed by atoms with van der Waals surface area (Å²) in [5, 5.41) is 0. The highest BCUT2D eigenvalue weighted by Gasteiger charge is 2.19. The molecule has 0 aliphatic carbocycles. The molecule has 3 aromatic heterocycles. The summed E-state index contributed by atoms with van der Waals surface area (Å²) in [4.78, 5) is 18.5. The van der Waals surface area contributed by atoms with Gasteiger partial charge in [0.15, 0.2) is 0 Å². The summed E-state index contributed by atoms with van der Waals surface area (Å²) in [6.45, 7) is 4.99. The number of H-pyrrole nitrogens is 2. The van der Waals surface area contributed by atoms with Gasteiger partial charge in [-0.05, 0) is 116 Å². The number of nitrogens with zero attached hydrogens (tertiary/aromatic N) is 2. The van der Waals surface area contributed by atoms with Gasteiger partial charge in [-0.2, -0.15) is 0 Å². The number of aromatic amines is 2. The van der Waals surface area contributed by atoms with Crippen LogP contribution in [0.15, 0.2) is 151 Å². The maximum Gasteiger partial charge on any atom is 0.119 e. The molecule has 0 radical (unpaired) electrons. The van der Waals surface area contributed by atoms with E-state index in [0.29, 0.717) is 6.61 Å². The normalized spacial score (nSPS) is 11.8. The zero-order valence-electron chi connectivity index (χ0n) is 32.3. The van der Waals surface area contributed by atoms with E-state index in [1.54, 1.807) is 0 Å². The lowest BCUT2D eigenvalue weighted by Gasteiger charge is -2.09. The van der Waals surface area contributed by atoms with Gasteiger partial charge in [-0.15, -0.1) is 0 Å². The largest absolute Gasteiger partial charge is 0.494 e. The Hall–Kier alpha value is -6.98. The highest BCUT2D eigenvalue weighted by atomic mass is 16.5. The second-order valence-electron chi connectivity index (χ2n) is 14.8. The van der Waals surface area contributed by atoms with E-state index in [2.05, 4.69) is 194 Å². The summed E-state index contributed by atoms with van der Waals surface area (Å²) in [6.07, 6.45) is 14.1. The van der Waals surface area contributed by atoms with Gasteiger partial charge < -0.3 is 14.7 Å². The van der Waals surface area contributed by atoms with Crippen LogP contribution in [0.1, 0.15) is 55.9 Å². The van der Waals surface area contributed by atoms with E-state index in [-0.39, 0.29) is 0 Å². The first-order valence-corrected chi connectivity index (χ1v) is 19.8. The molecule has 278 valence electrons. The molecule has 2 N–H and O–H groups in total. The fourth-order valence-electron chi connectivity index (χ4n) is 7.78. The van der Waals surface area contributed by atoms with Crippen molar-refractivity contribution in [2.75, 3.05) is 6.61 Å². The lowest BCUT2D eigenvalue weighted by molar-refractivity contribution is 0.307. The van der Waals surface area contributed by atoms with Crippen LogP contribution in [-0.2, 0) is 0 Å². The van der Waals surface area contributed by atoms with Gasteiger partial charge in [-0.3, -0.25) is 0 Å². The van der Waals surface area contributed by atoms with Crippen molar-refractivity contribution in [2.45, 2.75) is 33.1 Å². The van der Waals surface area contributed by atoms with Crippen LogP contribution in [0.25, 0.3) is 90.9 Å². The van der Waals surface area contributed by atoms with E-state index in [1.807, 2.05) is 0 Å². The molecule has 2 aliphatic rings. The number of rotatable bonds is 10. The van der Waals surface area contributed by atoms with Crippen LogP contribution < -0.4 is 4.74 Å². The Labute approximate surface area is 333 Å². The Morgan fingerprint density at radius 3 is 1.19 bits per heavy atom. The molecule has 0 saturated heterocycles. The lowest BCUT2D eigenvalue weighted by atomic mass is 10.0. The Morgan fingerprint density at radius 2 is 0.825 bits per heavy atom. The standard InChI is InChI=1S/C52H44N4O/c1-35(2)15-7-6-14-34-57-40-24-22-39(23-25-40)52-47-32-30-45(55-47)50(37-18-10-4-11-19-37)43-28-26-41(53-43)49(36-16-8-3-9-17-36)42-27-29-44(54-42)51(38-20-12-5-13-21-38)46-31-33-48(52)56-46/h3-5,8-13,15-33,53,56H,6-7,14,34H2,1-2H3. The summed E-state index contributed by atoms with van der Waals surface area (Å²) >= 11 is 0. The topological polar surface area (TPSA) is 66.6 Å². The van der Waals surface area contributed by atoms with Crippen molar-refractivity contribution in [2.24, 2.45) is 0 Å². The Kier molecular flexibility index (Phi) is 10.0. The summed E-state index contributed by atoms with van der Waals surface area (Å²) in [6, 6.07) is 48.7. The van der Waals surface area contributed by atoms with Crippen LogP contribution in [0.5, 0.6) is 5.75 Å². The fourth-order valence-corrected chi connectivity index (χ4v) is 7.78. The van der Waals surface area contributed by atoms with Crippen molar-refractivity contribution in [3.63, 3.8) is 0 Å². The van der Waals surface area contributed by atoms with Gasteiger partial charge in [0.25, 0.3) is 0 Å². The first kappa shape index (κ1) is 35.7. The van der Waals surface area contributed by atoms with Gasteiger partial charge in [0.1, 0.15) is 5.75 Å². The van der Waals surface area contributed by atoms with Crippen molar-refractivity contribution in [1.82, 2.24) is 19.9 Å². The molecule has 2 aliphatic heterocycles. The van der Waals surface area contributed by atoms with Crippen molar-refractivity contribution in [3.8, 4) is 50.3 Å². The third-order valence-corrected chi connectivity index (χ3v) is 10.5. The summed E-state index contributed by atoms with van der Waals surface area (Å²) in [5.41, 5.74) is 17.2. The van der Waals surface area contributed by atoms with Crippen molar-refractivity contribution in [1.29, 1.82) is 0 Å². The molecule has 0 spiro atoms. The van der Waals surface area contributed by atoms with E-state index < -0.39 is 0 Å². The monoisotopic (exact) mass is 740 g/mol. The minimum atomic E-state index is 0.693. The number of hydrogen-bond acceptors (Lipinski definition) is 3. The van der Waals surface area contributed by atoms with Crippen LogP contribution >= 0.6 is 0 Å². The zero-order valence-corrected chi connectivity index (χ0v) is 32.3. The zero-order chi connectivity index (χ0) is 38.6. The molecule has 0 fully saturated rings. The second kappa shape index (κ2) is 16.0. The molecule has 8 bridgehead atoms. The molecule has 5 nitrogen and oxygen atoms in total. The average Bonchev–Trinajstić information content (AvgIpc) is 4.09. The van der Waals surface area contributed by atoms with Gasteiger partial charge in [-0.25, -0.2) is 9.97 Å². The number of fused-ring (bicyclic) bond motifs is 8. The Bertz CT molecular complexity index is 2770. The minimum Gasteiger partial charge on any atom is -0.494 e. The molecule has 0 unspecified atom stereocenters. The second-order valence-corrected chi connectivity index (χ2v) is 14.8. The number of unbranched alkanes of at least 4 members (excludes halogenated alkanes) is 2. The molecule has 0 saturated carbocycles. The smallest absolute Gasteiger partial charge is 0.119 e. The summed E-state index contributed by atoms with van der Waals surface area (Å²) in [7, 11) is 0. The Morgan fingerprint density at radius 1 is 0.456 bits per heavy atom. The van der Waals surface area contributed by atoms with Gasteiger partial charge >= 0.3 is 0 Å². The first-order valence-electron chi connectivity index (χ1n) is 19.8. The average molecular weight is 741 g/mol. The van der Waals surface area contributed by atoms with E-state index in [1.165, 1.54) is 5.57 Å². The first-order chi connectivity index (χ1) is 28.1. The molecular weight excluding hydrogens is 697 g/mol. The summed E-state index contributed by atoms with van der Waals surface area (Å²) in [5.74, 6) is 0.866. The van der Waals surface area contributed by atoms with Crippen molar-refractivity contribution < 1.29 is 4.74 Å². The maximum absolute atomic E-state index is 6.19. The number of allylic oxidation sites excluding steroid dienone is 2. The van der Waals surface area contributed by atoms with E-state index in [0.717, 1.165) is 114 Å². The van der Waals surface area contributed by atoms with E-state index >= 15 is 0 Å². The molecule has 7 aromatic rings. The summed E-state index contributed by atoms with van der Waals surface area (Å²) < 4.78 is 6.19. The van der Waals surface area contributed by atoms with Crippen LogP contribution in [0.2, 0.25) is 0 Å². The van der Waals surface area contributed by atoms with Gasteiger partial charge in [0.05, 0.1) is 29.4 Å². The number of benzene rings is 4. The highest BCUT2D eigenvalue weighted by Crippen LogP contribution is 2.38. The molecular formula is C52H44N4O. The number of aromatic nitrogens is 4. The quantitative estimate of drug-likeness (QED) is 0.108. The van der Waals surface area contributed by atoms with Crippen LogP contribution in [0, 0.1) is 0 Å². The molecule has 5 heteroatoms.